The normalized spacial score (nSPS) is 10.8. The Balaban J connectivity index is 1.60. The molecule has 1 heterocycles. The average Bonchev–Trinajstić information content (AvgIpc) is 2.97. The monoisotopic (exact) mass is 312 g/mol. The molecule has 0 atom stereocenters. The first-order chi connectivity index (χ1) is 11.9. The molecule has 0 unspecified atom stereocenters. The van der Waals surface area contributed by atoms with Crippen LogP contribution < -0.4 is 4.74 Å². The van der Waals surface area contributed by atoms with Crippen molar-refractivity contribution in [2.45, 2.75) is 6.54 Å². The minimum absolute atomic E-state index is 0.583. The van der Waals surface area contributed by atoms with E-state index in [2.05, 4.69) is 57.9 Å². The van der Waals surface area contributed by atoms with Crippen LogP contribution in [0.15, 0.2) is 72.8 Å². The van der Waals surface area contributed by atoms with Crippen LogP contribution in [0.25, 0.3) is 26.7 Å². The van der Waals surface area contributed by atoms with Gasteiger partial charge in [0, 0.05) is 21.8 Å². The van der Waals surface area contributed by atoms with Gasteiger partial charge >= 0.3 is 0 Å². The molecule has 0 aliphatic carbocycles. The molecule has 0 fully saturated rings. The highest BCUT2D eigenvalue weighted by Gasteiger charge is 2.09. The lowest BCUT2D eigenvalue weighted by Gasteiger charge is -2.09. The van der Waals surface area contributed by atoms with Crippen molar-refractivity contribution in [1.29, 1.82) is 0 Å². The van der Waals surface area contributed by atoms with Crippen molar-refractivity contribution >= 4 is 27.5 Å². The zero-order valence-corrected chi connectivity index (χ0v) is 13.1. The van der Waals surface area contributed by atoms with Crippen molar-refractivity contribution in [3.63, 3.8) is 0 Å². The molecular weight excluding hydrogens is 296 g/mol. The van der Waals surface area contributed by atoms with Crippen LogP contribution in [0.5, 0.6) is 5.75 Å². The van der Waals surface area contributed by atoms with E-state index in [1.807, 2.05) is 12.1 Å². The minimum atomic E-state index is 0.583. The summed E-state index contributed by atoms with van der Waals surface area (Å²) in [7, 11) is 0. The zero-order chi connectivity index (χ0) is 16.4. The third-order valence-corrected chi connectivity index (χ3v) is 4.23. The van der Waals surface area contributed by atoms with E-state index in [0.717, 1.165) is 12.3 Å². The first kappa shape index (κ1) is 14.3. The van der Waals surface area contributed by atoms with Gasteiger partial charge in [-0.3, -0.25) is 0 Å². The lowest BCUT2D eigenvalue weighted by atomic mass is 10.2. The highest BCUT2D eigenvalue weighted by molar-refractivity contribution is 6.07. The Bertz CT molecular complexity index is 986. The Labute approximate surface area is 140 Å². The van der Waals surface area contributed by atoms with E-state index in [4.69, 9.17) is 11.3 Å². The van der Waals surface area contributed by atoms with Crippen LogP contribution in [0.2, 0.25) is 0 Å². The van der Waals surface area contributed by atoms with Crippen LogP contribution in [-0.2, 0) is 6.54 Å². The summed E-state index contributed by atoms with van der Waals surface area (Å²) in [6.45, 7) is 8.34. The zero-order valence-electron chi connectivity index (χ0n) is 13.1. The number of para-hydroxylation sites is 2. The topological polar surface area (TPSA) is 18.5 Å². The number of rotatable bonds is 4. The molecule has 0 bridgehead atoms. The summed E-state index contributed by atoms with van der Waals surface area (Å²) in [5, 5.41) is 2.55. The number of fused-ring (bicyclic) bond motifs is 3. The van der Waals surface area contributed by atoms with Crippen molar-refractivity contribution < 1.29 is 4.74 Å². The van der Waals surface area contributed by atoms with Gasteiger partial charge in [-0.25, -0.2) is 4.85 Å². The number of nitrogens with zero attached hydrogens (tertiary/aromatic N) is 2. The Morgan fingerprint density at radius 1 is 0.792 bits per heavy atom. The molecule has 3 nitrogen and oxygen atoms in total. The molecule has 3 heteroatoms. The summed E-state index contributed by atoms with van der Waals surface area (Å²) >= 11 is 0. The number of ether oxygens (including phenoxy) is 1. The number of benzene rings is 3. The average molecular weight is 312 g/mol. The van der Waals surface area contributed by atoms with Gasteiger partial charge in [-0.1, -0.05) is 48.5 Å². The lowest BCUT2D eigenvalue weighted by Crippen LogP contribution is -2.07. The van der Waals surface area contributed by atoms with E-state index in [9.17, 15) is 0 Å². The summed E-state index contributed by atoms with van der Waals surface area (Å²) < 4.78 is 8.16. The van der Waals surface area contributed by atoms with Crippen molar-refractivity contribution in [2.75, 3.05) is 6.61 Å². The first-order valence-electron chi connectivity index (χ1n) is 7.93. The Morgan fingerprint density at radius 3 is 1.96 bits per heavy atom. The summed E-state index contributed by atoms with van der Waals surface area (Å²) in [4.78, 5) is 3.39. The van der Waals surface area contributed by atoms with Gasteiger partial charge < -0.3 is 9.30 Å². The van der Waals surface area contributed by atoms with Crippen LogP contribution in [0, 0.1) is 6.57 Å². The quantitative estimate of drug-likeness (QED) is 0.460. The number of hydrogen-bond acceptors (Lipinski definition) is 1. The summed E-state index contributed by atoms with van der Waals surface area (Å²) in [6.07, 6.45) is 0. The highest BCUT2D eigenvalue weighted by atomic mass is 16.5. The lowest BCUT2D eigenvalue weighted by molar-refractivity contribution is 0.302. The third-order valence-electron chi connectivity index (χ3n) is 4.23. The Hall–Kier alpha value is -3.25. The van der Waals surface area contributed by atoms with Gasteiger partial charge in [-0.2, -0.15) is 0 Å². The molecule has 0 aliphatic rings. The molecule has 0 saturated heterocycles. The fourth-order valence-corrected chi connectivity index (χ4v) is 3.12. The van der Waals surface area contributed by atoms with Crippen molar-refractivity contribution in [1.82, 2.24) is 4.57 Å². The molecule has 0 amide bonds. The third kappa shape index (κ3) is 2.49. The molecule has 4 rings (SSSR count). The summed E-state index contributed by atoms with van der Waals surface area (Å²) in [5.74, 6) is 0.795. The van der Waals surface area contributed by atoms with Crippen LogP contribution in [0.4, 0.5) is 5.69 Å². The van der Waals surface area contributed by atoms with Crippen LogP contribution in [0.3, 0.4) is 0 Å². The van der Waals surface area contributed by atoms with E-state index in [1.54, 1.807) is 12.1 Å². The molecule has 3 aromatic carbocycles. The highest BCUT2D eigenvalue weighted by Crippen LogP contribution is 2.28. The molecule has 0 aliphatic heterocycles. The van der Waals surface area contributed by atoms with Gasteiger partial charge in [0.2, 0.25) is 0 Å². The van der Waals surface area contributed by atoms with Gasteiger partial charge in [0.1, 0.15) is 12.4 Å². The van der Waals surface area contributed by atoms with Crippen LogP contribution in [0.1, 0.15) is 0 Å². The standard InChI is InChI=1S/C21H16N2O/c1-22-16-10-12-17(13-11-16)24-15-14-23-20-8-4-2-6-18(20)19-7-3-5-9-21(19)23/h2-13H,14-15H2. The molecule has 116 valence electrons. The van der Waals surface area contributed by atoms with Crippen LogP contribution in [-0.4, -0.2) is 11.2 Å². The van der Waals surface area contributed by atoms with Crippen LogP contribution >= 0.6 is 0 Å². The van der Waals surface area contributed by atoms with Gasteiger partial charge in [-0.15, -0.1) is 0 Å². The molecule has 0 saturated carbocycles. The largest absolute Gasteiger partial charge is 0.492 e. The van der Waals surface area contributed by atoms with Crippen molar-refractivity contribution in [2.24, 2.45) is 0 Å². The van der Waals surface area contributed by atoms with Gasteiger partial charge in [0.25, 0.3) is 0 Å². The minimum Gasteiger partial charge on any atom is -0.492 e. The Kier molecular flexibility index (Phi) is 3.64. The van der Waals surface area contributed by atoms with Gasteiger partial charge in [0.15, 0.2) is 5.69 Å². The molecule has 24 heavy (non-hydrogen) atoms. The summed E-state index contributed by atoms with van der Waals surface area (Å²) in [6, 6.07) is 24.2. The SMILES string of the molecule is [C-]#[N+]c1ccc(OCCn2c3ccccc3c3ccccc32)cc1. The van der Waals surface area contributed by atoms with E-state index < -0.39 is 0 Å². The van der Waals surface area contributed by atoms with Gasteiger partial charge in [-0.05, 0) is 24.3 Å². The van der Waals surface area contributed by atoms with Crippen molar-refractivity contribution in [3.8, 4) is 5.75 Å². The summed E-state index contributed by atoms with van der Waals surface area (Å²) in [5.41, 5.74) is 3.08. The van der Waals surface area contributed by atoms with E-state index in [-0.39, 0.29) is 0 Å². The first-order valence-corrected chi connectivity index (χ1v) is 7.93. The molecule has 0 spiro atoms. The fraction of sp³-hybridized carbons (Fsp3) is 0.0952. The molecule has 0 N–H and O–H groups in total. The maximum atomic E-state index is 6.98. The molecule has 0 radical (unpaired) electrons. The van der Waals surface area contributed by atoms with E-state index in [0.29, 0.717) is 12.3 Å². The maximum Gasteiger partial charge on any atom is 0.187 e. The second kappa shape index (κ2) is 6.10. The molecular formula is C21H16N2O. The smallest absolute Gasteiger partial charge is 0.187 e. The second-order valence-corrected chi connectivity index (χ2v) is 5.64. The van der Waals surface area contributed by atoms with Crippen molar-refractivity contribution in [3.05, 3.63) is 84.2 Å². The maximum absolute atomic E-state index is 6.98. The predicted octanol–water partition coefficient (Wildman–Crippen LogP) is 5.42. The number of aromatic nitrogens is 1. The van der Waals surface area contributed by atoms with Gasteiger partial charge in [0.05, 0.1) is 13.1 Å². The Morgan fingerprint density at radius 2 is 1.38 bits per heavy atom. The predicted molar refractivity (Wildman–Crippen MR) is 97.6 cm³/mol. The fourth-order valence-electron chi connectivity index (χ4n) is 3.12. The second-order valence-electron chi connectivity index (χ2n) is 5.64. The van der Waals surface area contributed by atoms with E-state index in [1.165, 1.54) is 21.8 Å². The number of hydrogen-bond donors (Lipinski definition) is 0. The molecule has 1 aromatic heterocycles. The molecule has 4 aromatic rings. The van der Waals surface area contributed by atoms with E-state index >= 15 is 0 Å².